The van der Waals surface area contributed by atoms with Crippen LogP contribution >= 0.6 is 0 Å². The van der Waals surface area contributed by atoms with Crippen LogP contribution in [0.2, 0.25) is 0 Å². The van der Waals surface area contributed by atoms with Gasteiger partial charge in [0.25, 0.3) is 0 Å². The van der Waals surface area contributed by atoms with Gasteiger partial charge in [-0.1, -0.05) is 39.0 Å². The maximum atomic E-state index is 3.61. The van der Waals surface area contributed by atoms with Gasteiger partial charge in [0.1, 0.15) is 0 Å². The smallest absolute Gasteiger partial charge is 0.0229 e. The molecule has 2 rings (SSSR count). The lowest BCUT2D eigenvalue weighted by Crippen LogP contribution is -2.20. The zero-order chi connectivity index (χ0) is 10.2. The molecule has 0 saturated heterocycles. The van der Waals surface area contributed by atoms with Crippen molar-refractivity contribution in [3.63, 3.8) is 0 Å². The third-order valence-corrected chi connectivity index (χ3v) is 3.07. The van der Waals surface area contributed by atoms with Gasteiger partial charge < -0.3 is 0 Å². The van der Waals surface area contributed by atoms with Gasteiger partial charge in [0.15, 0.2) is 0 Å². The fourth-order valence-electron chi connectivity index (χ4n) is 2.05. The van der Waals surface area contributed by atoms with Crippen LogP contribution in [0.15, 0.2) is 18.2 Å². The first-order chi connectivity index (χ1) is 6.61. The Morgan fingerprint density at radius 2 is 2.14 bits per heavy atom. The molecule has 14 heavy (non-hydrogen) atoms. The summed E-state index contributed by atoms with van der Waals surface area (Å²) < 4.78 is 0. The highest BCUT2D eigenvalue weighted by Gasteiger charge is 2.25. The van der Waals surface area contributed by atoms with Crippen molar-refractivity contribution in [2.75, 3.05) is 0 Å². The lowest BCUT2D eigenvalue weighted by atomic mass is 9.74. The summed E-state index contributed by atoms with van der Waals surface area (Å²) in [5, 5.41) is 0. The van der Waals surface area contributed by atoms with Gasteiger partial charge >= 0.3 is 0 Å². The molecule has 0 unspecified atom stereocenters. The quantitative estimate of drug-likeness (QED) is 0.628. The maximum Gasteiger partial charge on any atom is 0.0229 e. The highest BCUT2D eigenvalue weighted by Crippen LogP contribution is 2.36. The fourth-order valence-corrected chi connectivity index (χ4v) is 2.05. The van der Waals surface area contributed by atoms with E-state index in [0.717, 1.165) is 6.42 Å². The predicted octanol–water partition coefficient (Wildman–Crippen LogP) is 3.65. The van der Waals surface area contributed by atoms with Crippen molar-refractivity contribution < 1.29 is 0 Å². The van der Waals surface area contributed by atoms with E-state index in [9.17, 15) is 0 Å². The van der Waals surface area contributed by atoms with Crippen molar-refractivity contribution in [2.45, 2.75) is 40.0 Å². The summed E-state index contributed by atoms with van der Waals surface area (Å²) in [6, 6.07) is 6.82. The van der Waals surface area contributed by atoms with Crippen LogP contribution in [-0.2, 0) is 12.8 Å². The number of hydrogen-bond donors (Lipinski definition) is 0. The molecule has 2 radical (unpaired) electrons. The van der Waals surface area contributed by atoms with Gasteiger partial charge in [0, 0.05) is 6.42 Å². The predicted molar refractivity (Wildman–Crippen MR) is 60.3 cm³/mol. The molecule has 0 nitrogen and oxygen atoms in total. The van der Waals surface area contributed by atoms with Crippen LogP contribution in [0, 0.1) is 11.8 Å². The van der Waals surface area contributed by atoms with Crippen LogP contribution in [0.5, 0.6) is 0 Å². The van der Waals surface area contributed by atoms with Gasteiger partial charge in [-0.3, -0.25) is 0 Å². The molecule has 1 aliphatic carbocycles. The molecule has 0 spiro atoms. The van der Waals surface area contributed by atoms with Crippen molar-refractivity contribution in [3.05, 3.63) is 41.3 Å². The van der Waals surface area contributed by atoms with Gasteiger partial charge in [-0.2, -0.15) is 0 Å². The molecule has 0 aromatic heterocycles. The second kappa shape index (κ2) is 3.42. The van der Waals surface area contributed by atoms with E-state index in [1.54, 1.807) is 0 Å². The Morgan fingerprint density at radius 3 is 2.86 bits per heavy atom. The van der Waals surface area contributed by atoms with Crippen LogP contribution in [0.25, 0.3) is 0 Å². The van der Waals surface area contributed by atoms with Crippen LogP contribution in [0.3, 0.4) is 0 Å². The largest absolute Gasteiger partial charge is 0.0613 e. The Balaban J connectivity index is 2.34. The highest BCUT2D eigenvalue weighted by atomic mass is 14.3. The molecule has 0 fully saturated rings. The molecular weight excluding hydrogens is 168 g/mol. The summed E-state index contributed by atoms with van der Waals surface area (Å²) in [6.07, 6.45) is 7.17. The summed E-state index contributed by atoms with van der Waals surface area (Å²) in [6.45, 7) is 6.75. The molecule has 0 amide bonds. The van der Waals surface area contributed by atoms with E-state index in [1.165, 1.54) is 29.5 Å². The maximum absolute atomic E-state index is 3.61. The van der Waals surface area contributed by atoms with E-state index < -0.39 is 0 Å². The summed E-state index contributed by atoms with van der Waals surface area (Å²) in [7, 11) is 0. The van der Waals surface area contributed by atoms with Gasteiger partial charge in [-0.05, 0) is 41.4 Å². The van der Waals surface area contributed by atoms with Gasteiger partial charge in [-0.15, -0.1) is 0 Å². The second-order valence-corrected chi connectivity index (χ2v) is 4.85. The molecule has 74 valence electrons. The number of rotatable bonds is 1. The Kier molecular flexibility index (Phi) is 2.38. The van der Waals surface area contributed by atoms with E-state index in [0.29, 0.717) is 0 Å². The Hall–Kier alpha value is -0.780. The molecule has 0 saturated carbocycles. The Bertz CT molecular complexity index is 334. The number of benzene rings is 1. The molecule has 0 atom stereocenters. The number of fused-ring (bicyclic) bond motifs is 1. The first kappa shape index (κ1) is 9.76. The Labute approximate surface area is 87.3 Å². The monoisotopic (exact) mass is 186 g/mol. The molecule has 1 aromatic rings. The van der Waals surface area contributed by atoms with Crippen LogP contribution in [-0.4, -0.2) is 0 Å². The van der Waals surface area contributed by atoms with Crippen molar-refractivity contribution in [2.24, 2.45) is 5.41 Å². The lowest BCUT2D eigenvalue weighted by molar-refractivity contribution is 0.393. The Morgan fingerprint density at radius 1 is 1.36 bits per heavy atom. The standard InChI is InChI=1S/C14H18/c1-4-11-5-6-12-7-8-14(2,3)10-13(12)9-11/h5-6,9H,4,7-8H2,1-3H3. The van der Waals surface area contributed by atoms with E-state index in [2.05, 4.69) is 45.4 Å². The summed E-state index contributed by atoms with van der Waals surface area (Å²) in [5.74, 6) is 0. The molecule has 0 aliphatic heterocycles. The van der Waals surface area contributed by atoms with Crippen molar-refractivity contribution in [3.8, 4) is 0 Å². The molecule has 0 N–H and O–H groups in total. The van der Waals surface area contributed by atoms with Crippen LogP contribution < -0.4 is 0 Å². The third-order valence-electron chi connectivity index (χ3n) is 3.07. The molecular formula is C14H18. The first-order valence-electron chi connectivity index (χ1n) is 5.51. The summed E-state index contributed by atoms with van der Waals surface area (Å²) >= 11 is 0. The third kappa shape index (κ3) is 1.84. The minimum atomic E-state index is 0.263. The second-order valence-electron chi connectivity index (χ2n) is 4.85. The van der Waals surface area contributed by atoms with E-state index in [4.69, 9.17) is 0 Å². The van der Waals surface area contributed by atoms with Gasteiger partial charge in [-0.25, -0.2) is 0 Å². The number of hydrogen-bond acceptors (Lipinski definition) is 0. The van der Waals surface area contributed by atoms with E-state index in [-0.39, 0.29) is 5.41 Å². The molecule has 1 aromatic carbocycles. The zero-order valence-corrected chi connectivity index (χ0v) is 9.35. The van der Waals surface area contributed by atoms with Crippen molar-refractivity contribution >= 4 is 0 Å². The van der Waals surface area contributed by atoms with Crippen molar-refractivity contribution in [1.29, 1.82) is 0 Å². The molecule has 0 heterocycles. The normalized spacial score (nSPS) is 19.1. The minimum Gasteiger partial charge on any atom is -0.0613 e. The average molecular weight is 186 g/mol. The van der Waals surface area contributed by atoms with Crippen molar-refractivity contribution in [1.82, 2.24) is 0 Å². The SMILES string of the molecule is CCc1ccc2c(c1)[C]C(C)(C)CC2. The highest BCUT2D eigenvalue weighted by molar-refractivity contribution is 5.40. The fraction of sp³-hybridized carbons (Fsp3) is 0.500. The van der Waals surface area contributed by atoms with Gasteiger partial charge in [0.2, 0.25) is 0 Å². The topological polar surface area (TPSA) is 0 Å². The van der Waals surface area contributed by atoms with Crippen LogP contribution in [0.4, 0.5) is 0 Å². The molecule has 0 heteroatoms. The van der Waals surface area contributed by atoms with Gasteiger partial charge in [0.05, 0.1) is 0 Å². The molecule has 1 aliphatic rings. The summed E-state index contributed by atoms with van der Waals surface area (Å²) in [5.41, 5.74) is 4.51. The molecule has 0 bridgehead atoms. The number of aryl methyl sites for hydroxylation is 2. The lowest BCUT2D eigenvalue weighted by Gasteiger charge is -2.30. The van der Waals surface area contributed by atoms with Crippen LogP contribution in [0.1, 0.15) is 43.9 Å². The summed E-state index contributed by atoms with van der Waals surface area (Å²) in [4.78, 5) is 0. The average Bonchev–Trinajstić information content (AvgIpc) is 2.15. The van der Waals surface area contributed by atoms with E-state index in [1.807, 2.05) is 0 Å². The minimum absolute atomic E-state index is 0.263. The zero-order valence-electron chi connectivity index (χ0n) is 9.35. The van der Waals surface area contributed by atoms with E-state index >= 15 is 0 Å². The first-order valence-corrected chi connectivity index (χ1v) is 5.51.